The van der Waals surface area contributed by atoms with Gasteiger partial charge in [0.05, 0.1) is 0 Å². The van der Waals surface area contributed by atoms with Crippen LogP contribution in [0.4, 0.5) is 0 Å². The molecule has 2 heterocycles. The summed E-state index contributed by atoms with van der Waals surface area (Å²) in [7, 11) is 0. The number of nitrogens with zero attached hydrogens (tertiary/aromatic N) is 2. The molecule has 1 atom stereocenters. The number of nitrogens with one attached hydrogen (secondary N) is 1. The van der Waals surface area contributed by atoms with Crippen LogP contribution in [0.2, 0.25) is 0 Å². The zero-order valence-electron chi connectivity index (χ0n) is 28.8. The molecule has 1 N–H and O–H groups in total. The molecule has 9 aromatic rings. The Kier molecular flexibility index (Phi) is 7.51. The Morgan fingerprint density at radius 1 is 0.453 bits per heavy atom. The first-order valence-electron chi connectivity index (χ1n) is 17.9. The Hall–Kier alpha value is -7.04. The van der Waals surface area contributed by atoms with E-state index in [1.54, 1.807) is 0 Å². The van der Waals surface area contributed by atoms with E-state index in [4.69, 9.17) is 14.4 Å². The van der Waals surface area contributed by atoms with Crippen LogP contribution in [0.25, 0.3) is 66.1 Å². The third-order valence-electron chi connectivity index (χ3n) is 10.1. The second-order valence-corrected chi connectivity index (χ2v) is 13.4. The Labute approximate surface area is 307 Å². The molecule has 0 fully saturated rings. The Balaban J connectivity index is 1.10. The summed E-state index contributed by atoms with van der Waals surface area (Å²) < 4.78 is 6.71. The number of para-hydroxylation sites is 1. The van der Waals surface area contributed by atoms with Crippen molar-refractivity contribution in [2.24, 2.45) is 9.98 Å². The Morgan fingerprint density at radius 3 is 1.79 bits per heavy atom. The lowest BCUT2D eigenvalue weighted by molar-refractivity contribution is 0.669. The zero-order valence-corrected chi connectivity index (χ0v) is 28.8. The lowest BCUT2D eigenvalue weighted by atomic mass is 9.97. The molecule has 0 saturated heterocycles. The average Bonchev–Trinajstić information content (AvgIpc) is 3.63. The van der Waals surface area contributed by atoms with Crippen LogP contribution in [0, 0.1) is 0 Å². The molecule has 53 heavy (non-hydrogen) atoms. The number of benzene rings is 8. The molecule has 1 aliphatic heterocycles. The lowest BCUT2D eigenvalue weighted by Crippen LogP contribution is -2.33. The molecule has 0 amide bonds. The van der Waals surface area contributed by atoms with Crippen molar-refractivity contribution in [1.29, 1.82) is 0 Å². The van der Waals surface area contributed by atoms with Crippen LogP contribution in [-0.2, 0) is 0 Å². The minimum atomic E-state index is -0.320. The first kappa shape index (κ1) is 30.8. The van der Waals surface area contributed by atoms with E-state index < -0.39 is 0 Å². The highest BCUT2D eigenvalue weighted by Gasteiger charge is 2.24. The highest BCUT2D eigenvalue weighted by molar-refractivity contribution is 6.23. The van der Waals surface area contributed by atoms with Gasteiger partial charge in [-0.15, -0.1) is 0 Å². The van der Waals surface area contributed by atoms with E-state index in [9.17, 15) is 0 Å². The van der Waals surface area contributed by atoms with Crippen molar-refractivity contribution in [3.63, 3.8) is 0 Å². The van der Waals surface area contributed by atoms with Gasteiger partial charge in [0.2, 0.25) is 0 Å². The number of hydrogen-bond acceptors (Lipinski definition) is 4. The fourth-order valence-electron chi connectivity index (χ4n) is 7.48. The maximum absolute atomic E-state index is 6.71. The lowest BCUT2D eigenvalue weighted by Gasteiger charge is -2.24. The highest BCUT2D eigenvalue weighted by Crippen LogP contribution is 2.39. The average molecular weight is 680 g/mol. The Morgan fingerprint density at radius 2 is 1.04 bits per heavy atom. The van der Waals surface area contributed by atoms with Crippen LogP contribution in [0.3, 0.4) is 0 Å². The molecular formula is C49H33N3O. The SMILES string of the molecule is c1ccc(-c2cccc(-c3cccc4c3oc3cccc(C5=NC(c6ccccc6)NC(c6ccc7cc(-c8ccccc8)ccc7c6)=N5)c34)c2)cc1. The molecule has 4 heteroatoms. The summed E-state index contributed by atoms with van der Waals surface area (Å²) in [6.45, 7) is 0. The predicted octanol–water partition coefficient (Wildman–Crippen LogP) is 12.2. The monoisotopic (exact) mass is 679 g/mol. The minimum absolute atomic E-state index is 0.320. The zero-order chi connectivity index (χ0) is 35.1. The van der Waals surface area contributed by atoms with E-state index >= 15 is 0 Å². The van der Waals surface area contributed by atoms with Gasteiger partial charge in [0.25, 0.3) is 0 Å². The number of furan rings is 1. The smallest absolute Gasteiger partial charge is 0.160 e. The number of hydrogen-bond donors (Lipinski definition) is 1. The van der Waals surface area contributed by atoms with Crippen molar-refractivity contribution in [3.8, 4) is 33.4 Å². The molecule has 10 rings (SSSR count). The molecule has 8 aromatic carbocycles. The van der Waals surface area contributed by atoms with Crippen LogP contribution >= 0.6 is 0 Å². The van der Waals surface area contributed by atoms with Crippen molar-refractivity contribution >= 4 is 44.4 Å². The maximum atomic E-state index is 6.71. The van der Waals surface area contributed by atoms with Gasteiger partial charge in [0, 0.05) is 27.5 Å². The van der Waals surface area contributed by atoms with E-state index in [1.165, 1.54) is 27.6 Å². The van der Waals surface area contributed by atoms with E-state index in [0.29, 0.717) is 5.84 Å². The van der Waals surface area contributed by atoms with Crippen molar-refractivity contribution in [2.75, 3.05) is 0 Å². The molecule has 4 nitrogen and oxygen atoms in total. The van der Waals surface area contributed by atoms with E-state index in [2.05, 4.69) is 163 Å². The molecule has 1 aliphatic rings. The van der Waals surface area contributed by atoms with Gasteiger partial charge in [-0.05, 0) is 68.4 Å². The molecule has 0 saturated carbocycles. The summed E-state index contributed by atoms with van der Waals surface area (Å²) in [5, 5.41) is 8.03. The van der Waals surface area contributed by atoms with Gasteiger partial charge in [0.15, 0.2) is 5.84 Å². The molecular weight excluding hydrogens is 647 g/mol. The molecule has 0 bridgehead atoms. The van der Waals surface area contributed by atoms with Crippen molar-refractivity contribution in [3.05, 3.63) is 205 Å². The van der Waals surface area contributed by atoms with Crippen LogP contribution < -0.4 is 5.32 Å². The van der Waals surface area contributed by atoms with Crippen LogP contribution in [-0.4, -0.2) is 11.7 Å². The predicted molar refractivity (Wildman–Crippen MR) is 219 cm³/mol. The van der Waals surface area contributed by atoms with Gasteiger partial charge in [-0.25, -0.2) is 9.98 Å². The topological polar surface area (TPSA) is 49.9 Å². The van der Waals surface area contributed by atoms with E-state index in [-0.39, 0.29) is 6.17 Å². The first-order valence-corrected chi connectivity index (χ1v) is 17.9. The second kappa shape index (κ2) is 12.9. The summed E-state index contributed by atoms with van der Waals surface area (Å²) in [4.78, 5) is 10.5. The number of amidine groups is 2. The summed E-state index contributed by atoms with van der Waals surface area (Å²) in [5.74, 6) is 1.44. The molecule has 1 aromatic heterocycles. The third kappa shape index (κ3) is 5.67. The largest absolute Gasteiger partial charge is 0.455 e. The molecule has 0 radical (unpaired) electrons. The van der Waals surface area contributed by atoms with Crippen LogP contribution in [0.5, 0.6) is 0 Å². The quantitative estimate of drug-likeness (QED) is 0.190. The van der Waals surface area contributed by atoms with Crippen molar-refractivity contribution in [1.82, 2.24) is 5.32 Å². The van der Waals surface area contributed by atoms with Gasteiger partial charge in [-0.1, -0.05) is 164 Å². The van der Waals surface area contributed by atoms with Gasteiger partial charge in [0.1, 0.15) is 23.2 Å². The van der Waals surface area contributed by atoms with Crippen molar-refractivity contribution in [2.45, 2.75) is 6.17 Å². The normalized spacial score (nSPS) is 14.2. The first-order chi connectivity index (χ1) is 26.2. The number of aliphatic imine (C=N–C) groups is 2. The summed E-state index contributed by atoms with van der Waals surface area (Å²) in [6, 6.07) is 65.8. The number of rotatable bonds is 6. The van der Waals surface area contributed by atoms with E-state index in [1.807, 2.05) is 30.3 Å². The highest BCUT2D eigenvalue weighted by atomic mass is 16.3. The minimum Gasteiger partial charge on any atom is -0.455 e. The summed E-state index contributed by atoms with van der Waals surface area (Å²) in [6.07, 6.45) is -0.320. The van der Waals surface area contributed by atoms with Gasteiger partial charge >= 0.3 is 0 Å². The second-order valence-electron chi connectivity index (χ2n) is 13.4. The summed E-state index contributed by atoms with van der Waals surface area (Å²) >= 11 is 0. The summed E-state index contributed by atoms with van der Waals surface area (Å²) in [5.41, 5.74) is 11.6. The molecule has 250 valence electrons. The standard InChI is InChI=1S/C49H33N3O/c1-4-13-32(14-5-1)35-19-10-20-39(30-35)41-21-11-22-42-45-43(23-12-24-44(45)53-46(41)42)49-51-47(34-17-8-3-9-18-34)50-48(52-49)40-28-27-37-29-36(25-26-38(37)31-40)33-15-6-2-7-16-33/h1-31,47H,(H,50,51,52). The fourth-order valence-corrected chi connectivity index (χ4v) is 7.48. The molecule has 1 unspecified atom stereocenters. The molecule has 0 spiro atoms. The van der Waals surface area contributed by atoms with Gasteiger partial charge < -0.3 is 9.73 Å². The van der Waals surface area contributed by atoms with Crippen molar-refractivity contribution < 1.29 is 4.42 Å². The fraction of sp³-hybridized carbons (Fsp3) is 0.0204. The van der Waals surface area contributed by atoms with E-state index in [0.717, 1.165) is 61.0 Å². The Bertz CT molecular complexity index is 2850. The molecule has 0 aliphatic carbocycles. The van der Waals surface area contributed by atoms with Crippen LogP contribution in [0.15, 0.2) is 202 Å². The maximum Gasteiger partial charge on any atom is 0.160 e. The third-order valence-corrected chi connectivity index (χ3v) is 10.1. The van der Waals surface area contributed by atoms with Gasteiger partial charge in [-0.3, -0.25) is 0 Å². The van der Waals surface area contributed by atoms with Crippen LogP contribution in [0.1, 0.15) is 22.9 Å². The van der Waals surface area contributed by atoms with Gasteiger partial charge in [-0.2, -0.15) is 0 Å². The number of fused-ring (bicyclic) bond motifs is 4.